The van der Waals surface area contributed by atoms with E-state index in [4.69, 9.17) is 18.9 Å². The number of aliphatic hydroxyl groups excluding tert-OH is 1. The summed E-state index contributed by atoms with van der Waals surface area (Å²) in [6.07, 6.45) is -0.998. The van der Waals surface area contributed by atoms with Crippen molar-refractivity contribution in [3.8, 4) is 23.0 Å². The summed E-state index contributed by atoms with van der Waals surface area (Å²) in [5, 5.41) is 22.9. The van der Waals surface area contributed by atoms with Crippen LogP contribution in [-0.4, -0.2) is 22.4 Å². The molecule has 0 bridgehead atoms. The number of hydrogen-bond acceptors (Lipinski definition) is 6. The average molecular weight is 575 g/mol. The molecule has 1 aliphatic heterocycles. The largest absolute Gasteiger partial charge is 0.490 e. The van der Waals surface area contributed by atoms with Gasteiger partial charge in [-0.25, -0.2) is 0 Å². The molecule has 1 heterocycles. The van der Waals surface area contributed by atoms with Gasteiger partial charge in [0.25, 0.3) is 0 Å². The zero-order valence-corrected chi connectivity index (χ0v) is 23.8. The quantitative estimate of drug-likeness (QED) is 0.180. The summed E-state index contributed by atoms with van der Waals surface area (Å²) in [7, 11) is 0. The predicted octanol–water partition coefficient (Wildman–Crippen LogP) is 6.82. The Labute approximate surface area is 251 Å². The number of benzene rings is 5. The minimum Gasteiger partial charge on any atom is -0.490 e. The van der Waals surface area contributed by atoms with Gasteiger partial charge in [0.15, 0.2) is 11.5 Å². The van der Waals surface area contributed by atoms with Crippen LogP contribution in [0.2, 0.25) is 0 Å². The molecular weight excluding hydrogens is 540 g/mol. The van der Waals surface area contributed by atoms with E-state index in [1.807, 2.05) is 109 Å². The smallest absolute Gasteiger partial charge is 0.161 e. The third kappa shape index (κ3) is 7.00. The van der Waals surface area contributed by atoms with Crippen molar-refractivity contribution in [3.63, 3.8) is 0 Å². The lowest BCUT2D eigenvalue weighted by Gasteiger charge is -2.38. The monoisotopic (exact) mass is 574 g/mol. The van der Waals surface area contributed by atoms with Crippen molar-refractivity contribution in [2.45, 2.75) is 37.9 Å². The average Bonchev–Trinajstić information content (AvgIpc) is 3.06. The Morgan fingerprint density at radius 3 is 1.77 bits per heavy atom. The van der Waals surface area contributed by atoms with Crippen molar-refractivity contribution in [2.75, 3.05) is 6.61 Å². The summed E-state index contributed by atoms with van der Waals surface area (Å²) in [6, 6.07) is 40.6. The van der Waals surface area contributed by atoms with Crippen molar-refractivity contribution < 1.29 is 29.2 Å². The standard InChI is InChI=1S/C37H34O6/c38-36-32-18-17-31(40-23-27-10-4-1-5-11-27)21-34(32)43-26-37(36,39)22-30-16-19-33(41-24-28-12-6-2-7-13-28)35(20-30)42-25-29-14-8-3-9-15-29/h1-21,36,38-39H,22-26H2/t36-,37-/m1/s1. The first kappa shape index (κ1) is 28.3. The van der Waals surface area contributed by atoms with Gasteiger partial charge in [-0.3, -0.25) is 0 Å². The maximum absolute atomic E-state index is 11.6. The maximum atomic E-state index is 11.6. The molecule has 0 amide bonds. The second-order valence-electron chi connectivity index (χ2n) is 10.8. The van der Waals surface area contributed by atoms with Gasteiger partial charge in [-0.15, -0.1) is 0 Å². The van der Waals surface area contributed by atoms with E-state index >= 15 is 0 Å². The Balaban J connectivity index is 1.17. The van der Waals surface area contributed by atoms with Crippen molar-refractivity contribution in [1.82, 2.24) is 0 Å². The summed E-state index contributed by atoms with van der Waals surface area (Å²) in [6.45, 7) is 1.11. The van der Waals surface area contributed by atoms with Crippen LogP contribution >= 0.6 is 0 Å². The molecule has 0 unspecified atom stereocenters. The molecule has 2 N–H and O–H groups in total. The first-order chi connectivity index (χ1) is 21.1. The molecule has 0 aliphatic carbocycles. The molecule has 0 radical (unpaired) electrons. The number of fused-ring (bicyclic) bond motifs is 1. The molecule has 0 aromatic heterocycles. The Morgan fingerprint density at radius 1 is 0.605 bits per heavy atom. The third-order valence-corrected chi connectivity index (χ3v) is 7.51. The van der Waals surface area contributed by atoms with Crippen LogP contribution in [0, 0.1) is 0 Å². The highest BCUT2D eigenvalue weighted by molar-refractivity contribution is 5.47. The molecule has 0 saturated heterocycles. The maximum Gasteiger partial charge on any atom is 0.161 e. The number of ether oxygens (including phenoxy) is 4. The summed E-state index contributed by atoms with van der Waals surface area (Å²) in [5.41, 5.74) is 2.89. The van der Waals surface area contributed by atoms with Gasteiger partial charge in [-0.05, 0) is 46.5 Å². The van der Waals surface area contributed by atoms with Crippen LogP contribution in [0.3, 0.4) is 0 Å². The van der Waals surface area contributed by atoms with Crippen molar-refractivity contribution in [2.24, 2.45) is 0 Å². The molecule has 6 nitrogen and oxygen atoms in total. The highest BCUT2D eigenvalue weighted by Gasteiger charge is 2.43. The van der Waals surface area contributed by atoms with Gasteiger partial charge in [-0.1, -0.05) is 97.1 Å². The summed E-state index contributed by atoms with van der Waals surface area (Å²) < 4.78 is 24.2. The number of rotatable bonds is 11. The normalized spacial score (nSPS) is 17.4. The van der Waals surface area contributed by atoms with E-state index in [0.29, 0.717) is 48.4 Å². The molecule has 43 heavy (non-hydrogen) atoms. The van der Waals surface area contributed by atoms with Crippen LogP contribution in [0.25, 0.3) is 0 Å². The minimum atomic E-state index is -1.54. The van der Waals surface area contributed by atoms with Gasteiger partial charge in [0, 0.05) is 18.1 Å². The van der Waals surface area contributed by atoms with Gasteiger partial charge in [0.05, 0.1) is 0 Å². The van der Waals surface area contributed by atoms with Crippen LogP contribution in [-0.2, 0) is 26.2 Å². The number of hydrogen-bond donors (Lipinski definition) is 2. The number of aliphatic hydroxyl groups is 2. The Hall–Kier alpha value is -4.78. The Kier molecular flexibility index (Phi) is 8.59. The lowest BCUT2D eigenvalue weighted by Crippen LogP contribution is -2.47. The third-order valence-electron chi connectivity index (χ3n) is 7.51. The predicted molar refractivity (Wildman–Crippen MR) is 164 cm³/mol. The molecule has 6 rings (SSSR count). The van der Waals surface area contributed by atoms with E-state index < -0.39 is 11.7 Å². The second kappa shape index (κ2) is 13.0. The van der Waals surface area contributed by atoms with Gasteiger partial charge in [0.1, 0.15) is 49.6 Å². The SMILES string of the molecule is O[C@@H]1c2ccc(OCc3ccccc3)cc2OC[C@]1(O)Cc1ccc(OCc2ccccc2)c(OCc2ccccc2)c1. The van der Waals surface area contributed by atoms with Crippen molar-refractivity contribution in [1.29, 1.82) is 0 Å². The lowest BCUT2D eigenvalue weighted by molar-refractivity contribution is -0.114. The summed E-state index contributed by atoms with van der Waals surface area (Å²) in [4.78, 5) is 0. The van der Waals surface area contributed by atoms with Gasteiger partial charge >= 0.3 is 0 Å². The molecule has 0 fully saturated rings. The fraction of sp³-hybridized carbons (Fsp3) is 0.189. The topological polar surface area (TPSA) is 77.4 Å². The highest BCUT2D eigenvalue weighted by atomic mass is 16.5. The van der Waals surface area contributed by atoms with E-state index in [-0.39, 0.29) is 13.0 Å². The molecule has 0 spiro atoms. The van der Waals surface area contributed by atoms with Crippen LogP contribution < -0.4 is 18.9 Å². The molecule has 0 saturated carbocycles. The van der Waals surface area contributed by atoms with E-state index in [1.165, 1.54) is 0 Å². The van der Waals surface area contributed by atoms with Gasteiger partial charge in [-0.2, -0.15) is 0 Å². The molecule has 1 aliphatic rings. The Morgan fingerprint density at radius 2 is 1.16 bits per heavy atom. The fourth-order valence-corrected chi connectivity index (χ4v) is 5.13. The van der Waals surface area contributed by atoms with E-state index in [9.17, 15) is 10.2 Å². The zero-order valence-electron chi connectivity index (χ0n) is 23.8. The van der Waals surface area contributed by atoms with Gasteiger partial charge < -0.3 is 29.2 Å². The first-order valence-electron chi connectivity index (χ1n) is 14.4. The van der Waals surface area contributed by atoms with Crippen LogP contribution in [0.1, 0.15) is 33.9 Å². The highest BCUT2D eigenvalue weighted by Crippen LogP contribution is 2.42. The van der Waals surface area contributed by atoms with E-state index in [1.54, 1.807) is 18.2 Å². The molecular formula is C37H34O6. The molecule has 218 valence electrons. The minimum absolute atomic E-state index is 0.0736. The summed E-state index contributed by atoms with van der Waals surface area (Å²) in [5.74, 6) is 2.29. The Bertz CT molecular complexity index is 1620. The van der Waals surface area contributed by atoms with E-state index in [0.717, 1.165) is 22.3 Å². The van der Waals surface area contributed by atoms with E-state index in [2.05, 4.69) is 0 Å². The van der Waals surface area contributed by atoms with Crippen LogP contribution in [0.15, 0.2) is 127 Å². The molecule has 6 heteroatoms. The second-order valence-corrected chi connectivity index (χ2v) is 10.8. The zero-order chi connectivity index (χ0) is 29.5. The lowest BCUT2D eigenvalue weighted by atomic mass is 9.84. The molecule has 5 aromatic rings. The molecule has 2 atom stereocenters. The van der Waals surface area contributed by atoms with Crippen molar-refractivity contribution >= 4 is 0 Å². The van der Waals surface area contributed by atoms with Crippen LogP contribution in [0.5, 0.6) is 23.0 Å². The summed E-state index contributed by atoms with van der Waals surface area (Å²) >= 11 is 0. The first-order valence-corrected chi connectivity index (χ1v) is 14.4. The molecule has 5 aromatic carbocycles. The van der Waals surface area contributed by atoms with Crippen molar-refractivity contribution in [3.05, 3.63) is 155 Å². The van der Waals surface area contributed by atoms with Crippen LogP contribution in [0.4, 0.5) is 0 Å². The van der Waals surface area contributed by atoms with Gasteiger partial charge in [0.2, 0.25) is 0 Å². The fourth-order valence-electron chi connectivity index (χ4n) is 5.13.